The molecule has 0 aromatic carbocycles. The summed E-state index contributed by atoms with van der Waals surface area (Å²) in [5.41, 5.74) is 0. The van der Waals surface area contributed by atoms with Crippen LogP contribution in [0.4, 0.5) is 0 Å². The van der Waals surface area contributed by atoms with E-state index >= 15 is 0 Å². The van der Waals surface area contributed by atoms with Gasteiger partial charge < -0.3 is 15.0 Å². The monoisotopic (exact) mass is 451 g/mol. The predicted molar refractivity (Wildman–Crippen MR) is 110 cm³/mol. The quantitative estimate of drug-likeness (QED) is 0.283. The van der Waals surface area contributed by atoms with Crippen LogP contribution in [0.15, 0.2) is 22.5 Å². The van der Waals surface area contributed by atoms with Crippen LogP contribution in [0.2, 0.25) is 0 Å². The maximum Gasteiger partial charge on any atom is 0.193 e. The highest BCUT2D eigenvalue weighted by Gasteiger charge is 2.14. The number of hydrogen-bond donors (Lipinski definition) is 1. The van der Waals surface area contributed by atoms with Gasteiger partial charge in [0.15, 0.2) is 5.96 Å². The van der Waals surface area contributed by atoms with Crippen molar-refractivity contribution >= 4 is 41.3 Å². The van der Waals surface area contributed by atoms with Crippen molar-refractivity contribution in [1.29, 1.82) is 0 Å². The maximum atomic E-state index is 5.88. The molecular formula is C17H30IN3OS. The van der Waals surface area contributed by atoms with Crippen molar-refractivity contribution in [2.24, 2.45) is 4.99 Å². The summed E-state index contributed by atoms with van der Waals surface area (Å²) in [5.74, 6) is 0.970. The SMILES string of the molecule is CN=C(NCCCOC1CCCC1)N(C)CCc1cccs1.I. The molecule has 0 unspecified atom stereocenters. The Balaban J connectivity index is 0.00000264. The average Bonchev–Trinajstić information content (AvgIpc) is 3.21. The van der Waals surface area contributed by atoms with Gasteiger partial charge in [0.05, 0.1) is 6.10 Å². The summed E-state index contributed by atoms with van der Waals surface area (Å²) in [6, 6.07) is 4.30. The van der Waals surface area contributed by atoms with Crippen molar-refractivity contribution < 1.29 is 4.74 Å². The Morgan fingerprint density at radius 2 is 2.22 bits per heavy atom. The molecule has 1 saturated carbocycles. The lowest BCUT2D eigenvalue weighted by atomic mass is 10.3. The molecule has 4 nitrogen and oxygen atoms in total. The van der Waals surface area contributed by atoms with Gasteiger partial charge in [-0.15, -0.1) is 35.3 Å². The fourth-order valence-electron chi connectivity index (χ4n) is 2.80. The topological polar surface area (TPSA) is 36.9 Å². The van der Waals surface area contributed by atoms with Crippen LogP contribution in [0.1, 0.15) is 37.0 Å². The van der Waals surface area contributed by atoms with Gasteiger partial charge in [-0.05, 0) is 37.1 Å². The Bertz CT molecular complexity index is 433. The number of guanidine groups is 1. The number of ether oxygens (including phenoxy) is 1. The molecule has 0 aliphatic heterocycles. The summed E-state index contributed by atoms with van der Waals surface area (Å²) < 4.78 is 5.88. The van der Waals surface area contributed by atoms with E-state index in [2.05, 4.69) is 39.8 Å². The molecule has 0 radical (unpaired) electrons. The Morgan fingerprint density at radius 3 is 2.87 bits per heavy atom. The first-order valence-corrected chi connectivity index (χ1v) is 9.23. The van der Waals surface area contributed by atoms with Crippen molar-refractivity contribution in [3.05, 3.63) is 22.4 Å². The molecule has 1 aromatic heterocycles. The molecule has 2 rings (SSSR count). The minimum atomic E-state index is 0. The molecule has 0 amide bonds. The molecule has 0 spiro atoms. The van der Waals surface area contributed by atoms with E-state index in [0.717, 1.165) is 38.5 Å². The Morgan fingerprint density at radius 1 is 1.43 bits per heavy atom. The number of halogens is 1. The van der Waals surface area contributed by atoms with E-state index in [1.807, 2.05) is 18.4 Å². The van der Waals surface area contributed by atoms with E-state index in [0.29, 0.717) is 6.10 Å². The maximum absolute atomic E-state index is 5.88. The Hall–Kier alpha value is -0.340. The van der Waals surface area contributed by atoms with E-state index in [4.69, 9.17) is 4.74 Å². The largest absolute Gasteiger partial charge is 0.378 e. The fraction of sp³-hybridized carbons (Fsp3) is 0.706. The molecular weight excluding hydrogens is 421 g/mol. The van der Waals surface area contributed by atoms with Gasteiger partial charge in [0.2, 0.25) is 0 Å². The van der Waals surface area contributed by atoms with Crippen LogP contribution in [-0.4, -0.2) is 50.8 Å². The summed E-state index contributed by atoms with van der Waals surface area (Å²) in [6.07, 6.45) is 7.80. The second kappa shape index (κ2) is 12.1. The second-order valence-corrected chi connectivity index (χ2v) is 6.89. The number of hydrogen-bond acceptors (Lipinski definition) is 3. The lowest BCUT2D eigenvalue weighted by Gasteiger charge is -2.22. The molecule has 1 heterocycles. The highest BCUT2D eigenvalue weighted by Crippen LogP contribution is 2.20. The second-order valence-electron chi connectivity index (χ2n) is 5.86. The first-order chi connectivity index (χ1) is 10.8. The van der Waals surface area contributed by atoms with Gasteiger partial charge in [-0.1, -0.05) is 18.9 Å². The van der Waals surface area contributed by atoms with E-state index in [-0.39, 0.29) is 24.0 Å². The lowest BCUT2D eigenvalue weighted by Crippen LogP contribution is -2.40. The van der Waals surface area contributed by atoms with Gasteiger partial charge in [0, 0.05) is 38.7 Å². The number of likely N-dealkylation sites (N-methyl/N-ethyl adjacent to an activating group) is 1. The third kappa shape index (κ3) is 7.85. The molecule has 0 saturated heterocycles. The minimum absolute atomic E-state index is 0. The van der Waals surface area contributed by atoms with Crippen molar-refractivity contribution in [1.82, 2.24) is 10.2 Å². The van der Waals surface area contributed by atoms with Gasteiger partial charge in [0.25, 0.3) is 0 Å². The smallest absolute Gasteiger partial charge is 0.193 e. The summed E-state index contributed by atoms with van der Waals surface area (Å²) >= 11 is 1.82. The lowest BCUT2D eigenvalue weighted by molar-refractivity contribution is 0.0573. The molecule has 0 atom stereocenters. The number of nitrogens with zero attached hydrogens (tertiary/aromatic N) is 2. The minimum Gasteiger partial charge on any atom is -0.378 e. The van der Waals surface area contributed by atoms with Crippen LogP contribution < -0.4 is 5.32 Å². The van der Waals surface area contributed by atoms with Crippen LogP contribution >= 0.6 is 35.3 Å². The first-order valence-electron chi connectivity index (χ1n) is 8.35. The summed E-state index contributed by atoms with van der Waals surface area (Å²) in [5, 5.41) is 5.56. The first kappa shape index (κ1) is 20.7. The van der Waals surface area contributed by atoms with Crippen LogP contribution in [-0.2, 0) is 11.2 Å². The highest BCUT2D eigenvalue weighted by atomic mass is 127. The van der Waals surface area contributed by atoms with Crippen LogP contribution in [0, 0.1) is 0 Å². The molecule has 23 heavy (non-hydrogen) atoms. The van der Waals surface area contributed by atoms with Crippen molar-refractivity contribution in [3.8, 4) is 0 Å². The third-order valence-corrected chi connectivity index (χ3v) is 5.04. The zero-order valence-corrected chi connectivity index (χ0v) is 17.4. The molecule has 0 bridgehead atoms. The zero-order valence-electron chi connectivity index (χ0n) is 14.3. The van der Waals surface area contributed by atoms with E-state index in [9.17, 15) is 0 Å². The highest BCUT2D eigenvalue weighted by molar-refractivity contribution is 14.0. The molecule has 6 heteroatoms. The predicted octanol–water partition coefficient (Wildman–Crippen LogP) is 3.77. The van der Waals surface area contributed by atoms with Gasteiger partial charge >= 0.3 is 0 Å². The van der Waals surface area contributed by atoms with Gasteiger partial charge in [-0.25, -0.2) is 0 Å². The summed E-state index contributed by atoms with van der Waals surface area (Å²) in [6.45, 7) is 2.76. The molecule has 1 aliphatic rings. The molecule has 1 aliphatic carbocycles. The summed E-state index contributed by atoms with van der Waals surface area (Å²) in [7, 11) is 3.94. The van der Waals surface area contributed by atoms with Gasteiger partial charge in [-0.3, -0.25) is 4.99 Å². The van der Waals surface area contributed by atoms with E-state index in [1.54, 1.807) is 0 Å². The van der Waals surface area contributed by atoms with Crippen molar-refractivity contribution in [2.75, 3.05) is 33.8 Å². The van der Waals surface area contributed by atoms with E-state index < -0.39 is 0 Å². The summed E-state index contributed by atoms with van der Waals surface area (Å²) in [4.78, 5) is 7.97. The Labute approximate surface area is 161 Å². The molecule has 1 fully saturated rings. The average molecular weight is 451 g/mol. The van der Waals surface area contributed by atoms with Gasteiger partial charge in [-0.2, -0.15) is 0 Å². The van der Waals surface area contributed by atoms with Crippen LogP contribution in [0.3, 0.4) is 0 Å². The normalized spacial score (nSPS) is 15.5. The van der Waals surface area contributed by atoms with E-state index in [1.165, 1.54) is 30.6 Å². The molecule has 1 N–H and O–H groups in total. The number of nitrogens with one attached hydrogen (secondary N) is 1. The fourth-order valence-corrected chi connectivity index (χ4v) is 3.50. The third-order valence-electron chi connectivity index (χ3n) is 4.11. The number of aliphatic imine (C=N–C) groups is 1. The number of thiophene rings is 1. The van der Waals surface area contributed by atoms with Crippen LogP contribution in [0.5, 0.6) is 0 Å². The van der Waals surface area contributed by atoms with Gasteiger partial charge in [0.1, 0.15) is 0 Å². The van der Waals surface area contributed by atoms with Crippen LogP contribution in [0.25, 0.3) is 0 Å². The Kier molecular flexibility index (Phi) is 10.9. The van der Waals surface area contributed by atoms with Crippen molar-refractivity contribution in [3.63, 3.8) is 0 Å². The number of rotatable bonds is 8. The molecule has 1 aromatic rings. The molecule has 132 valence electrons. The zero-order chi connectivity index (χ0) is 15.6. The van der Waals surface area contributed by atoms with Crippen molar-refractivity contribution in [2.45, 2.75) is 44.6 Å². The standard InChI is InChI=1S/C17H29N3OS.HI/c1-18-17(20(2)12-10-16-9-5-14-22-16)19-11-6-13-21-15-7-3-4-8-15;/h5,9,14-15H,3-4,6-8,10-13H2,1-2H3,(H,18,19);1H.